The number of piperazine rings is 1. The first kappa shape index (κ1) is 21.3. The number of hydrogen-bond acceptors (Lipinski definition) is 5. The van der Waals surface area contributed by atoms with E-state index in [2.05, 4.69) is 45.0 Å². The Kier molecular flexibility index (Phi) is 5.42. The number of aromatic nitrogens is 3. The molecule has 170 valence electrons. The van der Waals surface area contributed by atoms with Gasteiger partial charge in [-0.3, -0.25) is 4.79 Å². The average molecular weight is 444 g/mol. The number of nitrogens with one attached hydrogen (secondary N) is 2. The number of aryl methyl sites for hydroxylation is 1. The molecule has 0 unspecified atom stereocenters. The van der Waals surface area contributed by atoms with Crippen LogP contribution in [0.15, 0.2) is 42.5 Å². The number of benzene rings is 2. The van der Waals surface area contributed by atoms with Gasteiger partial charge in [0.15, 0.2) is 11.6 Å². The minimum Gasteiger partial charge on any atom is -0.497 e. The molecule has 1 fully saturated rings. The Morgan fingerprint density at radius 2 is 1.85 bits per heavy atom. The monoisotopic (exact) mass is 443 g/mol. The van der Waals surface area contributed by atoms with Crippen LogP contribution >= 0.6 is 0 Å². The number of Topliss-reactive ketones (excluding diaryl/α,β-unsaturated/α-hetero) is 1. The topological polar surface area (TPSA) is 77.2 Å². The third-order valence-corrected chi connectivity index (χ3v) is 6.47. The maximum atomic E-state index is 12.6. The van der Waals surface area contributed by atoms with Crippen molar-refractivity contribution in [2.45, 2.75) is 13.8 Å². The highest BCUT2D eigenvalue weighted by atomic mass is 16.5. The first-order valence-electron chi connectivity index (χ1n) is 11.3. The van der Waals surface area contributed by atoms with Crippen LogP contribution in [0, 0.1) is 6.92 Å². The van der Waals surface area contributed by atoms with Crippen molar-refractivity contribution in [2.24, 2.45) is 0 Å². The van der Waals surface area contributed by atoms with Gasteiger partial charge < -0.3 is 24.5 Å². The van der Waals surface area contributed by atoms with E-state index in [9.17, 15) is 4.79 Å². The number of ether oxygens (including phenoxy) is 1. The van der Waals surface area contributed by atoms with Crippen molar-refractivity contribution in [2.75, 3.05) is 45.2 Å². The van der Waals surface area contributed by atoms with Gasteiger partial charge >= 0.3 is 0 Å². The number of anilines is 1. The molecule has 33 heavy (non-hydrogen) atoms. The van der Waals surface area contributed by atoms with Crippen LogP contribution in [0.1, 0.15) is 23.0 Å². The minimum atomic E-state index is 0.0151. The lowest BCUT2D eigenvalue weighted by molar-refractivity contribution is 0.101. The summed E-state index contributed by atoms with van der Waals surface area (Å²) >= 11 is 0. The Labute approximate surface area is 193 Å². The Balaban J connectivity index is 1.61. The van der Waals surface area contributed by atoms with Crippen molar-refractivity contribution in [3.8, 4) is 28.4 Å². The van der Waals surface area contributed by atoms with E-state index in [0.717, 1.165) is 65.5 Å². The molecule has 7 heteroatoms. The average Bonchev–Trinajstić information content (AvgIpc) is 3.40. The van der Waals surface area contributed by atoms with E-state index in [4.69, 9.17) is 9.72 Å². The van der Waals surface area contributed by atoms with Crippen molar-refractivity contribution < 1.29 is 9.53 Å². The van der Waals surface area contributed by atoms with Crippen LogP contribution in [0.4, 0.5) is 5.69 Å². The Bertz CT molecular complexity index is 1330. The van der Waals surface area contributed by atoms with Gasteiger partial charge in [-0.1, -0.05) is 12.1 Å². The van der Waals surface area contributed by atoms with Gasteiger partial charge in [0.05, 0.1) is 23.8 Å². The number of rotatable bonds is 5. The van der Waals surface area contributed by atoms with Crippen LogP contribution in [0.2, 0.25) is 0 Å². The van der Waals surface area contributed by atoms with Crippen LogP contribution in [0.5, 0.6) is 5.75 Å². The van der Waals surface area contributed by atoms with Crippen molar-refractivity contribution in [3.05, 3.63) is 53.7 Å². The number of H-pyrrole nitrogens is 2. The predicted molar refractivity (Wildman–Crippen MR) is 132 cm³/mol. The molecule has 2 aromatic carbocycles. The molecule has 0 aliphatic carbocycles. The molecule has 3 heterocycles. The van der Waals surface area contributed by atoms with Crippen molar-refractivity contribution in [3.63, 3.8) is 0 Å². The maximum Gasteiger partial charge on any atom is 0.162 e. The molecule has 0 bridgehead atoms. The van der Waals surface area contributed by atoms with Crippen LogP contribution < -0.4 is 9.64 Å². The first-order valence-corrected chi connectivity index (χ1v) is 11.3. The second kappa shape index (κ2) is 8.41. The Morgan fingerprint density at radius 3 is 2.58 bits per heavy atom. The summed E-state index contributed by atoms with van der Waals surface area (Å²) in [6, 6.07) is 14.2. The van der Waals surface area contributed by atoms with Crippen molar-refractivity contribution in [1.29, 1.82) is 0 Å². The van der Waals surface area contributed by atoms with Crippen LogP contribution in [0.25, 0.3) is 33.7 Å². The summed E-state index contributed by atoms with van der Waals surface area (Å²) in [5.74, 6) is 1.48. The molecule has 0 radical (unpaired) electrons. The number of hydrogen-bond donors (Lipinski definition) is 2. The number of carbonyl (C=O) groups is 1. The first-order chi connectivity index (χ1) is 15.9. The molecule has 2 N–H and O–H groups in total. The lowest BCUT2D eigenvalue weighted by atomic mass is 9.97. The van der Waals surface area contributed by atoms with E-state index in [1.807, 2.05) is 31.2 Å². The van der Waals surface area contributed by atoms with Gasteiger partial charge in [0, 0.05) is 48.7 Å². The number of ketones is 1. The largest absolute Gasteiger partial charge is 0.497 e. The summed E-state index contributed by atoms with van der Waals surface area (Å²) in [6.07, 6.45) is 0. The Morgan fingerprint density at radius 1 is 1.06 bits per heavy atom. The molecule has 4 aromatic rings. The second-order valence-electron chi connectivity index (χ2n) is 8.74. The second-order valence-corrected chi connectivity index (χ2v) is 8.74. The number of fused-ring (bicyclic) bond motifs is 1. The highest BCUT2D eigenvalue weighted by Gasteiger charge is 2.23. The maximum absolute atomic E-state index is 12.6. The fourth-order valence-corrected chi connectivity index (χ4v) is 4.69. The van der Waals surface area contributed by atoms with E-state index in [0.29, 0.717) is 11.4 Å². The van der Waals surface area contributed by atoms with Gasteiger partial charge in [-0.25, -0.2) is 4.98 Å². The molecular weight excluding hydrogens is 414 g/mol. The number of carbonyl (C=O) groups excluding carboxylic acids is 1. The standard InChI is InChI=1S/C26H29N5O2/c1-16-23(17(2)32)24(18-6-5-7-20(14-18)33-4)25(27-16)26-28-21-9-8-19(15-22(21)29-26)31-12-10-30(3)11-13-31/h5-9,14-15,27H,10-13H2,1-4H3,(H,28,29). The molecule has 0 saturated carbocycles. The van der Waals surface area contributed by atoms with E-state index in [1.165, 1.54) is 5.69 Å². The summed E-state index contributed by atoms with van der Waals surface area (Å²) in [6.45, 7) is 7.68. The molecule has 0 spiro atoms. The SMILES string of the molecule is COc1cccc(-c2c(-c3nc4ccc(N5CCN(C)CC5)cc4[nH]3)[nH]c(C)c2C(C)=O)c1. The molecule has 2 aromatic heterocycles. The molecule has 5 rings (SSSR count). The third kappa shape index (κ3) is 3.89. The van der Waals surface area contributed by atoms with E-state index in [-0.39, 0.29) is 5.78 Å². The summed E-state index contributed by atoms with van der Waals surface area (Å²) in [5.41, 5.74) is 7.15. The fraction of sp³-hybridized carbons (Fsp3) is 0.308. The summed E-state index contributed by atoms with van der Waals surface area (Å²) < 4.78 is 5.43. The van der Waals surface area contributed by atoms with Gasteiger partial charge in [-0.15, -0.1) is 0 Å². The van der Waals surface area contributed by atoms with Crippen molar-refractivity contribution in [1.82, 2.24) is 19.9 Å². The summed E-state index contributed by atoms with van der Waals surface area (Å²) in [5, 5.41) is 0. The number of likely N-dealkylation sites (N-methyl/N-ethyl adjacent to an activating group) is 1. The third-order valence-electron chi connectivity index (χ3n) is 6.47. The molecule has 0 atom stereocenters. The van der Waals surface area contributed by atoms with Gasteiger partial charge in [0.25, 0.3) is 0 Å². The molecule has 0 amide bonds. The van der Waals surface area contributed by atoms with Gasteiger partial charge in [-0.2, -0.15) is 0 Å². The molecule has 1 saturated heterocycles. The van der Waals surface area contributed by atoms with Crippen LogP contribution in [-0.4, -0.2) is 66.0 Å². The number of imidazole rings is 1. The number of nitrogens with zero attached hydrogens (tertiary/aromatic N) is 3. The highest BCUT2D eigenvalue weighted by molar-refractivity contribution is 6.06. The fourth-order valence-electron chi connectivity index (χ4n) is 4.69. The van der Waals surface area contributed by atoms with Gasteiger partial charge in [0.1, 0.15) is 5.75 Å². The summed E-state index contributed by atoms with van der Waals surface area (Å²) in [7, 11) is 3.81. The van der Waals surface area contributed by atoms with Crippen molar-refractivity contribution >= 4 is 22.5 Å². The van der Waals surface area contributed by atoms with Crippen LogP contribution in [-0.2, 0) is 0 Å². The minimum absolute atomic E-state index is 0.0151. The Hall–Kier alpha value is -3.58. The predicted octanol–water partition coefficient (Wildman–Crippen LogP) is 4.50. The molecule has 1 aliphatic rings. The lowest BCUT2D eigenvalue weighted by Gasteiger charge is -2.34. The van der Waals surface area contributed by atoms with E-state index >= 15 is 0 Å². The molecule has 1 aliphatic heterocycles. The normalized spacial score (nSPS) is 14.7. The number of aromatic amines is 2. The molecular formula is C26H29N5O2. The summed E-state index contributed by atoms with van der Waals surface area (Å²) in [4.78, 5) is 29.1. The van der Waals surface area contributed by atoms with E-state index in [1.54, 1.807) is 14.0 Å². The quantitative estimate of drug-likeness (QED) is 0.444. The van der Waals surface area contributed by atoms with E-state index < -0.39 is 0 Å². The zero-order chi connectivity index (χ0) is 23.1. The number of methoxy groups -OCH3 is 1. The smallest absolute Gasteiger partial charge is 0.162 e. The highest BCUT2D eigenvalue weighted by Crippen LogP contribution is 2.38. The lowest BCUT2D eigenvalue weighted by Crippen LogP contribution is -2.44. The van der Waals surface area contributed by atoms with Crippen LogP contribution in [0.3, 0.4) is 0 Å². The molecule has 7 nitrogen and oxygen atoms in total. The van der Waals surface area contributed by atoms with Gasteiger partial charge in [0.2, 0.25) is 0 Å². The zero-order valence-corrected chi connectivity index (χ0v) is 19.5. The zero-order valence-electron chi connectivity index (χ0n) is 19.5. The van der Waals surface area contributed by atoms with Gasteiger partial charge in [-0.05, 0) is 56.8 Å².